The second-order valence-corrected chi connectivity index (χ2v) is 8.24. The van der Waals surface area contributed by atoms with Crippen LogP contribution in [0.5, 0.6) is 0 Å². The van der Waals surface area contributed by atoms with Crippen molar-refractivity contribution in [3.63, 3.8) is 0 Å². The zero-order chi connectivity index (χ0) is 23.3. The second kappa shape index (κ2) is 9.81. The minimum atomic E-state index is -0.486. The average Bonchev–Trinajstić information content (AvgIpc) is 3.32. The normalized spacial score (nSPS) is 12.0. The van der Waals surface area contributed by atoms with E-state index in [9.17, 15) is 9.18 Å². The number of nitrogens with zero attached hydrogens (tertiary/aromatic N) is 1. The second-order valence-electron chi connectivity index (χ2n) is 8.24. The van der Waals surface area contributed by atoms with Gasteiger partial charge in [0.2, 0.25) is 0 Å². The van der Waals surface area contributed by atoms with Crippen LogP contribution >= 0.6 is 0 Å². The van der Waals surface area contributed by atoms with Crippen molar-refractivity contribution in [2.24, 2.45) is 0 Å². The molecule has 0 aliphatic rings. The van der Waals surface area contributed by atoms with Gasteiger partial charge < -0.3 is 10.3 Å². The SMILES string of the molecule is O=C(c1c[nH]c2cc(-c3ccncc3)ccc12)[C@H](NCCc1ccc(F)cc1)c1ccccc1. The minimum Gasteiger partial charge on any atom is -0.360 e. The number of pyridine rings is 1. The lowest BCUT2D eigenvalue weighted by Gasteiger charge is -2.18. The first kappa shape index (κ1) is 21.7. The number of aromatic nitrogens is 2. The summed E-state index contributed by atoms with van der Waals surface area (Å²) in [5.74, 6) is -0.242. The molecule has 0 saturated heterocycles. The van der Waals surface area contributed by atoms with Crippen molar-refractivity contribution < 1.29 is 9.18 Å². The third kappa shape index (κ3) is 4.65. The van der Waals surface area contributed by atoms with Crippen LogP contribution in [0.15, 0.2) is 104 Å². The molecule has 1 atom stereocenters. The molecule has 4 nitrogen and oxygen atoms in total. The van der Waals surface area contributed by atoms with E-state index in [2.05, 4.69) is 21.4 Å². The highest BCUT2D eigenvalue weighted by atomic mass is 19.1. The molecule has 3 aromatic carbocycles. The maximum atomic E-state index is 13.7. The number of aromatic amines is 1. The van der Waals surface area contributed by atoms with Gasteiger partial charge in [-0.1, -0.05) is 54.6 Å². The maximum Gasteiger partial charge on any atom is 0.186 e. The van der Waals surface area contributed by atoms with E-state index in [0.29, 0.717) is 18.5 Å². The molecule has 0 unspecified atom stereocenters. The molecule has 0 aliphatic carbocycles. The number of halogens is 1. The van der Waals surface area contributed by atoms with Gasteiger partial charge >= 0.3 is 0 Å². The summed E-state index contributed by atoms with van der Waals surface area (Å²) in [4.78, 5) is 21.1. The minimum absolute atomic E-state index is 0.00761. The Bertz CT molecular complexity index is 1400. The lowest BCUT2D eigenvalue weighted by Crippen LogP contribution is -2.30. The Morgan fingerprint density at radius 3 is 2.44 bits per heavy atom. The van der Waals surface area contributed by atoms with Gasteiger partial charge in [0.1, 0.15) is 5.82 Å². The van der Waals surface area contributed by atoms with Crippen LogP contribution in [0.3, 0.4) is 0 Å². The van der Waals surface area contributed by atoms with E-state index in [1.807, 2.05) is 54.6 Å². The molecular formula is C29H24FN3O. The van der Waals surface area contributed by atoms with Crippen molar-refractivity contribution in [1.29, 1.82) is 0 Å². The molecule has 0 radical (unpaired) electrons. The number of H-pyrrole nitrogens is 1. The first-order chi connectivity index (χ1) is 16.7. The number of Topliss-reactive ketones (excluding diaryl/α,β-unsaturated/α-hetero) is 1. The number of hydrogen-bond acceptors (Lipinski definition) is 3. The predicted molar refractivity (Wildman–Crippen MR) is 133 cm³/mol. The molecule has 2 N–H and O–H groups in total. The van der Waals surface area contributed by atoms with Gasteiger partial charge in [0.15, 0.2) is 5.78 Å². The largest absolute Gasteiger partial charge is 0.360 e. The zero-order valence-corrected chi connectivity index (χ0v) is 18.5. The van der Waals surface area contributed by atoms with E-state index in [1.54, 1.807) is 30.7 Å². The Hall–Kier alpha value is -4.09. The van der Waals surface area contributed by atoms with Crippen LogP contribution in [0.25, 0.3) is 22.0 Å². The number of hydrogen-bond donors (Lipinski definition) is 2. The first-order valence-electron chi connectivity index (χ1n) is 11.3. The van der Waals surface area contributed by atoms with E-state index < -0.39 is 6.04 Å². The van der Waals surface area contributed by atoms with Crippen LogP contribution in [0.1, 0.15) is 27.5 Å². The number of carbonyl (C=O) groups excluding carboxylic acids is 1. The lowest BCUT2D eigenvalue weighted by atomic mass is 9.96. The summed E-state index contributed by atoms with van der Waals surface area (Å²) in [7, 11) is 0. The Morgan fingerprint density at radius 2 is 1.68 bits per heavy atom. The van der Waals surface area contributed by atoms with E-state index in [-0.39, 0.29) is 11.6 Å². The third-order valence-electron chi connectivity index (χ3n) is 6.03. The summed E-state index contributed by atoms with van der Waals surface area (Å²) in [6.07, 6.45) is 6.03. The van der Waals surface area contributed by atoms with Crippen molar-refractivity contribution in [3.05, 3.63) is 126 Å². The fourth-order valence-corrected chi connectivity index (χ4v) is 4.23. The Balaban J connectivity index is 1.40. The van der Waals surface area contributed by atoms with E-state index in [1.165, 1.54) is 12.1 Å². The Morgan fingerprint density at radius 1 is 0.912 bits per heavy atom. The first-order valence-corrected chi connectivity index (χ1v) is 11.3. The highest BCUT2D eigenvalue weighted by molar-refractivity contribution is 6.11. The van der Waals surface area contributed by atoms with Crippen molar-refractivity contribution in [2.45, 2.75) is 12.5 Å². The van der Waals surface area contributed by atoms with Crippen molar-refractivity contribution in [3.8, 4) is 11.1 Å². The van der Waals surface area contributed by atoms with Crippen LogP contribution in [-0.4, -0.2) is 22.3 Å². The molecule has 2 aromatic heterocycles. The van der Waals surface area contributed by atoms with Gasteiger partial charge in [-0.3, -0.25) is 9.78 Å². The molecule has 5 heteroatoms. The zero-order valence-electron chi connectivity index (χ0n) is 18.5. The van der Waals surface area contributed by atoms with E-state index in [4.69, 9.17) is 0 Å². The van der Waals surface area contributed by atoms with Crippen LogP contribution in [0.2, 0.25) is 0 Å². The molecule has 2 heterocycles. The lowest BCUT2D eigenvalue weighted by molar-refractivity contribution is 0.0945. The summed E-state index contributed by atoms with van der Waals surface area (Å²) in [6, 6.07) is 25.7. The summed E-state index contributed by atoms with van der Waals surface area (Å²) < 4.78 is 13.2. The topological polar surface area (TPSA) is 57.8 Å². The number of benzene rings is 3. The molecule has 0 bridgehead atoms. The number of carbonyl (C=O) groups is 1. The van der Waals surface area contributed by atoms with Gasteiger partial charge in [-0.15, -0.1) is 0 Å². The molecule has 168 valence electrons. The van der Waals surface area contributed by atoms with Crippen molar-refractivity contribution >= 4 is 16.7 Å². The molecule has 5 aromatic rings. The quantitative estimate of drug-likeness (QED) is 0.280. The van der Waals surface area contributed by atoms with Crippen LogP contribution in [-0.2, 0) is 6.42 Å². The van der Waals surface area contributed by atoms with E-state index in [0.717, 1.165) is 33.2 Å². The monoisotopic (exact) mass is 449 g/mol. The molecular weight excluding hydrogens is 425 g/mol. The van der Waals surface area contributed by atoms with Gasteiger partial charge in [-0.2, -0.15) is 0 Å². The number of ketones is 1. The summed E-state index contributed by atoms with van der Waals surface area (Å²) in [6.45, 7) is 0.589. The molecule has 0 saturated carbocycles. The van der Waals surface area contributed by atoms with Gasteiger partial charge in [0.05, 0.1) is 6.04 Å². The highest BCUT2D eigenvalue weighted by Crippen LogP contribution is 2.28. The molecule has 5 rings (SSSR count). The molecule has 0 aliphatic heterocycles. The standard InChI is InChI=1S/C29H24FN3O/c30-24-9-6-20(7-10-24)12-17-32-28(22-4-2-1-3-5-22)29(34)26-19-33-27-18-23(8-11-25(26)27)21-13-15-31-16-14-21/h1-11,13-16,18-19,28,32-33H,12,17H2/t28-/m1/s1. The highest BCUT2D eigenvalue weighted by Gasteiger charge is 2.24. The smallest absolute Gasteiger partial charge is 0.186 e. The number of nitrogens with one attached hydrogen (secondary N) is 2. The fraction of sp³-hybridized carbons (Fsp3) is 0.103. The summed E-state index contributed by atoms with van der Waals surface area (Å²) in [5.41, 5.74) is 5.63. The predicted octanol–water partition coefficient (Wildman–Crippen LogP) is 6.13. The molecule has 0 amide bonds. The van der Waals surface area contributed by atoms with Gasteiger partial charge in [-0.05, 0) is 59.0 Å². The van der Waals surface area contributed by atoms with Crippen molar-refractivity contribution in [1.82, 2.24) is 15.3 Å². The van der Waals surface area contributed by atoms with Gasteiger partial charge in [-0.25, -0.2) is 4.39 Å². The number of rotatable bonds is 8. The van der Waals surface area contributed by atoms with Crippen LogP contribution < -0.4 is 5.32 Å². The summed E-state index contributed by atoms with van der Waals surface area (Å²) in [5, 5.41) is 4.32. The third-order valence-corrected chi connectivity index (χ3v) is 6.03. The van der Waals surface area contributed by atoms with Crippen LogP contribution in [0, 0.1) is 5.82 Å². The number of fused-ring (bicyclic) bond motifs is 1. The molecule has 0 fully saturated rings. The van der Waals surface area contributed by atoms with E-state index >= 15 is 0 Å². The molecule has 34 heavy (non-hydrogen) atoms. The Labute approximate surface area is 197 Å². The fourth-order valence-electron chi connectivity index (χ4n) is 4.23. The van der Waals surface area contributed by atoms with Gasteiger partial charge in [0.25, 0.3) is 0 Å². The molecule has 0 spiro atoms. The Kier molecular flexibility index (Phi) is 6.27. The van der Waals surface area contributed by atoms with Crippen LogP contribution in [0.4, 0.5) is 4.39 Å². The maximum absolute atomic E-state index is 13.7. The average molecular weight is 450 g/mol. The van der Waals surface area contributed by atoms with Gasteiger partial charge in [0, 0.05) is 41.6 Å². The van der Waals surface area contributed by atoms with Crippen molar-refractivity contribution in [2.75, 3.05) is 6.54 Å². The summed E-state index contributed by atoms with van der Waals surface area (Å²) >= 11 is 0.